The standard InChI is InChI=1S/C24H31N5O3/c1-24(32,16-30)20-6-4-10-28(14-20)13-19-9-8-17(11-23(19)31)21(26)15-29(27)22-7-3-2-5-18(22)12-25/h2-3,5,7-9,11,15,20,30-32H,4,6,10,13-14,16,26-27H2,1H3/b21-15-/t20?,24-/m1/s1. The fourth-order valence-corrected chi connectivity index (χ4v) is 4.04. The second-order valence-electron chi connectivity index (χ2n) is 8.55. The van der Waals surface area contributed by atoms with Gasteiger partial charge >= 0.3 is 0 Å². The third-order valence-electron chi connectivity index (χ3n) is 6.10. The fraction of sp³-hybridized carbons (Fsp3) is 0.375. The number of anilines is 1. The van der Waals surface area contributed by atoms with Gasteiger partial charge in [0.05, 0.1) is 29.2 Å². The van der Waals surface area contributed by atoms with Gasteiger partial charge in [0.25, 0.3) is 0 Å². The summed E-state index contributed by atoms with van der Waals surface area (Å²) >= 11 is 0. The van der Waals surface area contributed by atoms with Crippen molar-refractivity contribution in [1.29, 1.82) is 5.26 Å². The first-order chi connectivity index (χ1) is 15.2. The van der Waals surface area contributed by atoms with Crippen LogP contribution < -0.4 is 16.6 Å². The van der Waals surface area contributed by atoms with Gasteiger partial charge in [0, 0.05) is 36.3 Å². The molecule has 170 valence electrons. The van der Waals surface area contributed by atoms with Crippen LogP contribution in [0.4, 0.5) is 5.69 Å². The second-order valence-corrected chi connectivity index (χ2v) is 8.55. The summed E-state index contributed by atoms with van der Waals surface area (Å²) in [4.78, 5) is 2.17. The van der Waals surface area contributed by atoms with Crippen LogP contribution in [0.3, 0.4) is 0 Å². The number of nitrogens with two attached hydrogens (primary N) is 2. The highest BCUT2D eigenvalue weighted by molar-refractivity contribution is 5.69. The smallest absolute Gasteiger partial charge is 0.120 e. The summed E-state index contributed by atoms with van der Waals surface area (Å²) in [5, 5.41) is 41.0. The van der Waals surface area contributed by atoms with Gasteiger partial charge in [0.1, 0.15) is 11.8 Å². The first-order valence-corrected chi connectivity index (χ1v) is 10.6. The number of hydrazine groups is 1. The molecule has 1 fully saturated rings. The number of aromatic hydroxyl groups is 1. The Balaban J connectivity index is 1.72. The number of phenolic OH excluding ortho intramolecular Hbond substituents is 1. The van der Waals surface area contributed by atoms with Gasteiger partial charge in [-0.05, 0) is 44.5 Å². The first-order valence-electron chi connectivity index (χ1n) is 10.6. The highest BCUT2D eigenvalue weighted by Crippen LogP contribution is 2.30. The Morgan fingerprint density at radius 1 is 1.34 bits per heavy atom. The molecule has 0 amide bonds. The molecule has 32 heavy (non-hydrogen) atoms. The van der Waals surface area contributed by atoms with E-state index in [1.165, 1.54) is 11.2 Å². The summed E-state index contributed by atoms with van der Waals surface area (Å²) in [7, 11) is 0. The predicted octanol–water partition coefficient (Wildman–Crippen LogP) is 1.86. The molecule has 1 aliphatic heterocycles. The van der Waals surface area contributed by atoms with Crippen LogP contribution in [0.15, 0.2) is 48.7 Å². The number of benzene rings is 2. The Hall–Kier alpha value is -3.09. The fourth-order valence-electron chi connectivity index (χ4n) is 4.04. The molecule has 2 aromatic carbocycles. The molecule has 2 aromatic rings. The van der Waals surface area contributed by atoms with E-state index >= 15 is 0 Å². The molecule has 0 aliphatic carbocycles. The predicted molar refractivity (Wildman–Crippen MR) is 124 cm³/mol. The van der Waals surface area contributed by atoms with Crippen LogP contribution in [0.1, 0.15) is 36.5 Å². The summed E-state index contributed by atoms with van der Waals surface area (Å²) in [5.74, 6) is 6.18. The Morgan fingerprint density at radius 3 is 2.78 bits per heavy atom. The minimum Gasteiger partial charge on any atom is -0.508 e. The second kappa shape index (κ2) is 10.0. The van der Waals surface area contributed by atoms with Crippen LogP contribution in [0.25, 0.3) is 5.70 Å². The number of aliphatic hydroxyl groups excluding tert-OH is 1. The number of hydrogen-bond donors (Lipinski definition) is 5. The number of nitriles is 1. The van der Waals surface area contributed by atoms with Crippen LogP contribution in [0.5, 0.6) is 5.75 Å². The maximum atomic E-state index is 10.6. The number of likely N-dealkylation sites (tertiary alicyclic amines) is 1. The lowest BCUT2D eigenvalue weighted by Gasteiger charge is -2.39. The van der Waals surface area contributed by atoms with Crippen molar-refractivity contribution >= 4 is 11.4 Å². The zero-order chi connectivity index (χ0) is 23.3. The maximum absolute atomic E-state index is 10.6. The van der Waals surface area contributed by atoms with Gasteiger partial charge in [-0.2, -0.15) is 5.26 Å². The first kappa shape index (κ1) is 23.6. The van der Waals surface area contributed by atoms with Crippen molar-refractivity contribution in [3.05, 3.63) is 65.4 Å². The minimum absolute atomic E-state index is 0.0203. The number of aliphatic hydroxyl groups is 2. The van der Waals surface area contributed by atoms with Crippen LogP contribution in [0.2, 0.25) is 0 Å². The Morgan fingerprint density at radius 2 is 2.09 bits per heavy atom. The van der Waals surface area contributed by atoms with E-state index in [4.69, 9.17) is 11.6 Å². The van der Waals surface area contributed by atoms with Gasteiger partial charge in [-0.3, -0.25) is 9.91 Å². The lowest BCUT2D eigenvalue weighted by molar-refractivity contribution is -0.0697. The van der Waals surface area contributed by atoms with Crippen LogP contribution >= 0.6 is 0 Å². The van der Waals surface area contributed by atoms with Crippen molar-refractivity contribution in [3.8, 4) is 11.8 Å². The van der Waals surface area contributed by atoms with Gasteiger partial charge < -0.3 is 21.1 Å². The number of nitrogens with zero attached hydrogens (tertiary/aromatic N) is 3. The zero-order valence-electron chi connectivity index (χ0n) is 18.3. The van der Waals surface area contributed by atoms with Gasteiger partial charge in [-0.1, -0.05) is 24.3 Å². The molecule has 8 heteroatoms. The topological polar surface area (TPSA) is 143 Å². The van der Waals surface area contributed by atoms with E-state index in [2.05, 4.69) is 11.0 Å². The summed E-state index contributed by atoms with van der Waals surface area (Å²) in [5.41, 5.74) is 7.75. The SMILES string of the molecule is C[C@@](O)(CO)C1CCCN(Cc2ccc(/C(N)=C/N(N)c3ccccc3C#N)cc2O)C1. The summed E-state index contributed by atoms with van der Waals surface area (Å²) < 4.78 is 0. The molecule has 1 unspecified atom stereocenters. The van der Waals surface area contributed by atoms with Crippen LogP contribution in [-0.2, 0) is 6.54 Å². The molecule has 7 N–H and O–H groups in total. The highest BCUT2D eigenvalue weighted by Gasteiger charge is 2.34. The molecule has 0 bridgehead atoms. The monoisotopic (exact) mass is 437 g/mol. The molecule has 2 atom stereocenters. The maximum Gasteiger partial charge on any atom is 0.120 e. The third kappa shape index (κ3) is 5.39. The molecular formula is C24H31N5O3. The van der Waals surface area contributed by atoms with E-state index in [-0.39, 0.29) is 18.3 Å². The molecule has 0 saturated carbocycles. The van der Waals surface area contributed by atoms with E-state index < -0.39 is 5.60 Å². The Bertz CT molecular complexity index is 1010. The minimum atomic E-state index is -1.11. The third-order valence-corrected chi connectivity index (χ3v) is 6.10. The van der Waals surface area contributed by atoms with Crippen molar-refractivity contribution in [2.45, 2.75) is 31.9 Å². The summed E-state index contributed by atoms with van der Waals surface area (Å²) in [6.45, 7) is 3.44. The molecule has 1 saturated heterocycles. The molecule has 0 spiro atoms. The van der Waals surface area contributed by atoms with Crippen molar-refractivity contribution in [2.24, 2.45) is 17.5 Å². The number of para-hydroxylation sites is 1. The van der Waals surface area contributed by atoms with Gasteiger partial charge in [-0.15, -0.1) is 0 Å². The van der Waals surface area contributed by atoms with Crippen molar-refractivity contribution in [2.75, 3.05) is 24.7 Å². The van der Waals surface area contributed by atoms with E-state index in [1.807, 2.05) is 12.1 Å². The lowest BCUT2D eigenvalue weighted by Crippen LogP contribution is -2.47. The highest BCUT2D eigenvalue weighted by atomic mass is 16.3. The Labute approximate surface area is 188 Å². The number of hydrogen-bond acceptors (Lipinski definition) is 8. The van der Waals surface area contributed by atoms with E-state index in [0.29, 0.717) is 35.6 Å². The van der Waals surface area contributed by atoms with Crippen LogP contribution in [0, 0.1) is 17.2 Å². The van der Waals surface area contributed by atoms with Crippen molar-refractivity contribution < 1.29 is 15.3 Å². The lowest BCUT2D eigenvalue weighted by atomic mass is 9.83. The molecule has 3 rings (SSSR count). The quantitative estimate of drug-likeness (QED) is 0.326. The van der Waals surface area contributed by atoms with Gasteiger partial charge in [0.15, 0.2) is 0 Å². The van der Waals surface area contributed by atoms with Gasteiger partial charge in [-0.25, -0.2) is 5.84 Å². The molecular weight excluding hydrogens is 406 g/mol. The summed E-state index contributed by atoms with van der Waals surface area (Å²) in [6.07, 6.45) is 3.30. The Kier molecular flexibility index (Phi) is 7.38. The van der Waals surface area contributed by atoms with E-state index in [9.17, 15) is 20.6 Å². The average Bonchev–Trinajstić information content (AvgIpc) is 2.80. The average molecular weight is 438 g/mol. The number of rotatable bonds is 7. The largest absolute Gasteiger partial charge is 0.508 e. The summed E-state index contributed by atoms with van der Waals surface area (Å²) in [6, 6.07) is 14.3. The van der Waals surface area contributed by atoms with Crippen molar-refractivity contribution in [1.82, 2.24) is 4.90 Å². The van der Waals surface area contributed by atoms with Gasteiger partial charge in [0.2, 0.25) is 0 Å². The molecule has 1 aliphatic rings. The molecule has 1 heterocycles. The normalized spacial score (nSPS) is 19.2. The number of phenols is 1. The van der Waals surface area contributed by atoms with E-state index in [0.717, 1.165) is 24.9 Å². The zero-order valence-corrected chi connectivity index (χ0v) is 18.3. The molecule has 8 nitrogen and oxygen atoms in total. The van der Waals surface area contributed by atoms with E-state index in [1.54, 1.807) is 37.3 Å². The molecule has 0 aromatic heterocycles. The van der Waals surface area contributed by atoms with Crippen LogP contribution in [-0.4, -0.2) is 45.5 Å². The van der Waals surface area contributed by atoms with Crippen molar-refractivity contribution in [3.63, 3.8) is 0 Å². The molecule has 0 radical (unpaired) electrons. The number of piperidine rings is 1.